The third-order valence-electron chi connectivity index (χ3n) is 7.53. The Balaban J connectivity index is 1.35. The Morgan fingerprint density at radius 1 is 1.00 bits per heavy atom. The standard InChI is InChI=1S/C29H35N3O4/c1-35-26-13-10-20(16-27(26)36-2)18-31(15-14-22-17-30-25-9-4-3-8-24(22)25)28(33)19-32(23-11-12-23)29(34)21-6-5-7-21/h3-4,8-10,13,16-17,21,23,30H,5-7,11-12,14-15,18-19H2,1-2H3. The monoisotopic (exact) mass is 489 g/mol. The summed E-state index contributed by atoms with van der Waals surface area (Å²) in [5, 5.41) is 1.18. The SMILES string of the molecule is COc1ccc(CN(CCc2c[nH]c3ccccc23)C(=O)CN(C(=O)C2CCC2)C2CC2)cc1OC. The second-order valence-corrected chi connectivity index (χ2v) is 9.94. The van der Waals surface area contributed by atoms with Gasteiger partial charge in [-0.05, 0) is 61.4 Å². The van der Waals surface area contributed by atoms with Gasteiger partial charge in [0.2, 0.25) is 11.8 Å². The van der Waals surface area contributed by atoms with Crippen LogP contribution in [0.5, 0.6) is 11.5 Å². The summed E-state index contributed by atoms with van der Waals surface area (Å²) in [6.07, 6.45) is 7.76. The molecule has 1 aromatic heterocycles. The second kappa shape index (κ2) is 10.6. The molecule has 1 heterocycles. The summed E-state index contributed by atoms with van der Waals surface area (Å²) in [6, 6.07) is 14.2. The molecule has 36 heavy (non-hydrogen) atoms. The Kier molecular flexibility index (Phi) is 7.16. The van der Waals surface area contributed by atoms with Crippen LogP contribution in [0.15, 0.2) is 48.7 Å². The number of nitrogens with one attached hydrogen (secondary N) is 1. The van der Waals surface area contributed by atoms with Gasteiger partial charge in [-0.3, -0.25) is 9.59 Å². The first-order valence-corrected chi connectivity index (χ1v) is 12.9. The number of aromatic amines is 1. The van der Waals surface area contributed by atoms with Crippen LogP contribution in [0.2, 0.25) is 0 Å². The molecule has 1 N–H and O–H groups in total. The molecule has 2 aliphatic carbocycles. The van der Waals surface area contributed by atoms with Crippen molar-refractivity contribution in [3.05, 3.63) is 59.8 Å². The maximum Gasteiger partial charge on any atom is 0.242 e. The molecule has 2 aromatic carbocycles. The molecule has 0 atom stereocenters. The zero-order chi connectivity index (χ0) is 25.1. The van der Waals surface area contributed by atoms with Gasteiger partial charge in [-0.2, -0.15) is 0 Å². The lowest BCUT2D eigenvalue weighted by molar-refractivity contribution is -0.145. The predicted molar refractivity (Wildman–Crippen MR) is 139 cm³/mol. The molecule has 2 amide bonds. The van der Waals surface area contributed by atoms with Crippen LogP contribution >= 0.6 is 0 Å². The molecule has 2 aliphatic rings. The van der Waals surface area contributed by atoms with Crippen LogP contribution in [0.1, 0.15) is 43.2 Å². The Labute approximate surface area is 212 Å². The molecule has 0 bridgehead atoms. The number of amides is 2. The van der Waals surface area contributed by atoms with E-state index in [-0.39, 0.29) is 30.3 Å². The zero-order valence-electron chi connectivity index (χ0n) is 21.2. The average Bonchev–Trinajstić information content (AvgIpc) is 3.63. The fourth-order valence-electron chi connectivity index (χ4n) is 4.99. The number of benzene rings is 2. The van der Waals surface area contributed by atoms with E-state index in [1.165, 1.54) is 10.9 Å². The molecular weight excluding hydrogens is 454 g/mol. The van der Waals surface area contributed by atoms with Gasteiger partial charge in [0.25, 0.3) is 0 Å². The molecular formula is C29H35N3O4. The van der Waals surface area contributed by atoms with E-state index in [1.807, 2.05) is 46.3 Å². The number of H-pyrrole nitrogens is 1. The number of aromatic nitrogens is 1. The average molecular weight is 490 g/mol. The molecule has 190 valence electrons. The summed E-state index contributed by atoms with van der Waals surface area (Å²) in [4.78, 5) is 33.9. The van der Waals surface area contributed by atoms with Crippen molar-refractivity contribution in [2.75, 3.05) is 27.3 Å². The molecule has 5 rings (SSSR count). The van der Waals surface area contributed by atoms with Gasteiger partial charge in [0.15, 0.2) is 11.5 Å². The minimum atomic E-state index is -0.0100. The minimum Gasteiger partial charge on any atom is -0.493 e. The Hall–Kier alpha value is -3.48. The molecule has 0 spiro atoms. The largest absolute Gasteiger partial charge is 0.493 e. The lowest BCUT2D eigenvalue weighted by Gasteiger charge is -2.33. The zero-order valence-corrected chi connectivity index (χ0v) is 21.2. The quantitative estimate of drug-likeness (QED) is 0.429. The minimum absolute atomic E-state index is 0.0100. The smallest absolute Gasteiger partial charge is 0.242 e. The van der Waals surface area contributed by atoms with Crippen LogP contribution in [0.25, 0.3) is 10.9 Å². The van der Waals surface area contributed by atoms with Gasteiger partial charge in [0.1, 0.15) is 6.54 Å². The number of hydrogen-bond donors (Lipinski definition) is 1. The van der Waals surface area contributed by atoms with E-state index in [2.05, 4.69) is 17.1 Å². The van der Waals surface area contributed by atoms with Crippen LogP contribution in [0.3, 0.4) is 0 Å². The third kappa shape index (κ3) is 5.20. The molecule has 0 aliphatic heterocycles. The first-order chi connectivity index (χ1) is 17.6. The lowest BCUT2D eigenvalue weighted by Crippen LogP contribution is -2.47. The van der Waals surface area contributed by atoms with E-state index in [0.717, 1.165) is 49.6 Å². The molecule has 7 nitrogen and oxygen atoms in total. The summed E-state index contributed by atoms with van der Waals surface area (Å²) in [5.41, 5.74) is 3.24. The number of methoxy groups -OCH3 is 2. The molecule has 0 saturated heterocycles. The van der Waals surface area contributed by atoms with Crippen LogP contribution in [-0.2, 0) is 22.6 Å². The predicted octanol–water partition coefficient (Wildman–Crippen LogP) is 4.55. The number of ether oxygens (including phenoxy) is 2. The topological polar surface area (TPSA) is 74.9 Å². The first-order valence-electron chi connectivity index (χ1n) is 12.9. The third-order valence-corrected chi connectivity index (χ3v) is 7.53. The fourth-order valence-corrected chi connectivity index (χ4v) is 4.99. The first kappa shape index (κ1) is 24.2. The van der Waals surface area contributed by atoms with Gasteiger partial charge in [0, 0.05) is 42.1 Å². The van der Waals surface area contributed by atoms with Gasteiger partial charge in [-0.1, -0.05) is 30.7 Å². The Morgan fingerprint density at radius 2 is 1.78 bits per heavy atom. The van der Waals surface area contributed by atoms with E-state index in [4.69, 9.17) is 9.47 Å². The number of hydrogen-bond acceptors (Lipinski definition) is 4. The number of nitrogens with zero attached hydrogens (tertiary/aromatic N) is 2. The summed E-state index contributed by atoms with van der Waals surface area (Å²) < 4.78 is 10.9. The van der Waals surface area contributed by atoms with Crippen molar-refractivity contribution in [3.8, 4) is 11.5 Å². The highest BCUT2D eigenvalue weighted by Crippen LogP contribution is 2.34. The number of carbonyl (C=O) groups excluding carboxylic acids is 2. The van der Waals surface area contributed by atoms with Crippen molar-refractivity contribution in [3.63, 3.8) is 0 Å². The summed E-state index contributed by atoms with van der Waals surface area (Å²) in [5.74, 6) is 1.55. The summed E-state index contributed by atoms with van der Waals surface area (Å²) in [7, 11) is 3.22. The molecule has 0 unspecified atom stereocenters. The van der Waals surface area contributed by atoms with Gasteiger partial charge in [0.05, 0.1) is 14.2 Å². The van der Waals surface area contributed by atoms with Crippen molar-refractivity contribution in [2.24, 2.45) is 5.92 Å². The van der Waals surface area contributed by atoms with Crippen molar-refractivity contribution in [1.82, 2.24) is 14.8 Å². The Morgan fingerprint density at radius 3 is 2.47 bits per heavy atom. The van der Waals surface area contributed by atoms with Gasteiger partial charge < -0.3 is 24.3 Å². The number of para-hydroxylation sites is 1. The molecule has 0 radical (unpaired) electrons. The molecule has 2 saturated carbocycles. The summed E-state index contributed by atoms with van der Waals surface area (Å²) in [6.45, 7) is 1.16. The molecule has 3 aromatic rings. The number of carbonyl (C=O) groups is 2. The maximum atomic E-state index is 13.7. The highest BCUT2D eigenvalue weighted by molar-refractivity contribution is 5.87. The summed E-state index contributed by atoms with van der Waals surface area (Å²) >= 11 is 0. The molecule has 7 heteroatoms. The number of rotatable bonds is 11. The van der Waals surface area contributed by atoms with E-state index in [0.29, 0.717) is 24.6 Å². The van der Waals surface area contributed by atoms with Crippen molar-refractivity contribution in [2.45, 2.75) is 51.1 Å². The Bertz CT molecular complexity index is 1230. The van der Waals surface area contributed by atoms with Crippen LogP contribution in [-0.4, -0.2) is 59.9 Å². The van der Waals surface area contributed by atoms with E-state index in [9.17, 15) is 9.59 Å². The van der Waals surface area contributed by atoms with Crippen molar-refractivity contribution >= 4 is 22.7 Å². The van der Waals surface area contributed by atoms with Crippen molar-refractivity contribution in [1.29, 1.82) is 0 Å². The van der Waals surface area contributed by atoms with Gasteiger partial charge in [-0.25, -0.2) is 0 Å². The van der Waals surface area contributed by atoms with Crippen LogP contribution in [0, 0.1) is 5.92 Å². The highest BCUT2D eigenvalue weighted by atomic mass is 16.5. The van der Waals surface area contributed by atoms with Crippen molar-refractivity contribution < 1.29 is 19.1 Å². The van der Waals surface area contributed by atoms with Crippen LogP contribution < -0.4 is 9.47 Å². The van der Waals surface area contributed by atoms with E-state index in [1.54, 1.807) is 14.2 Å². The van der Waals surface area contributed by atoms with Crippen LogP contribution in [0.4, 0.5) is 0 Å². The number of fused-ring (bicyclic) bond motifs is 1. The van der Waals surface area contributed by atoms with Gasteiger partial charge >= 0.3 is 0 Å². The molecule has 2 fully saturated rings. The normalized spacial score (nSPS) is 15.4. The second-order valence-electron chi connectivity index (χ2n) is 9.94. The maximum absolute atomic E-state index is 13.7. The van der Waals surface area contributed by atoms with Gasteiger partial charge in [-0.15, -0.1) is 0 Å². The lowest BCUT2D eigenvalue weighted by atomic mass is 9.84. The van der Waals surface area contributed by atoms with E-state index < -0.39 is 0 Å². The van der Waals surface area contributed by atoms with E-state index >= 15 is 0 Å². The fraction of sp³-hybridized carbons (Fsp3) is 0.448. The highest BCUT2D eigenvalue weighted by Gasteiger charge is 2.39.